The van der Waals surface area contributed by atoms with Crippen LogP contribution in [0, 0.1) is 34.5 Å². The van der Waals surface area contributed by atoms with Gasteiger partial charge in [0.05, 0.1) is 11.7 Å². The van der Waals surface area contributed by atoms with Gasteiger partial charge in [0.25, 0.3) is 0 Å². The normalized spacial score (nSPS) is 58.9. The number of fused-ring (bicyclic) bond motifs is 5. The second kappa shape index (κ2) is 5.08. The molecule has 4 saturated carbocycles. The van der Waals surface area contributed by atoms with Crippen LogP contribution in [0.25, 0.3) is 0 Å². The molecule has 23 heavy (non-hydrogen) atoms. The van der Waals surface area contributed by atoms with E-state index < -0.39 is 5.60 Å². The van der Waals surface area contributed by atoms with E-state index in [1.165, 1.54) is 32.1 Å². The summed E-state index contributed by atoms with van der Waals surface area (Å²) in [5, 5.41) is 21.2. The third-order valence-corrected chi connectivity index (χ3v) is 9.19. The summed E-state index contributed by atoms with van der Waals surface area (Å²) in [5.41, 5.74) is -0.186. The van der Waals surface area contributed by atoms with Gasteiger partial charge in [0.2, 0.25) is 0 Å². The van der Waals surface area contributed by atoms with Crippen LogP contribution in [-0.4, -0.2) is 21.9 Å². The summed E-state index contributed by atoms with van der Waals surface area (Å²) in [7, 11) is 0. The Kier molecular flexibility index (Phi) is 3.57. The summed E-state index contributed by atoms with van der Waals surface area (Å²) >= 11 is 0. The fraction of sp³-hybridized carbons (Fsp3) is 0.905. The Morgan fingerprint density at radius 3 is 2.43 bits per heavy atom. The third-order valence-electron chi connectivity index (χ3n) is 9.19. The average molecular weight is 319 g/mol. The van der Waals surface area contributed by atoms with Crippen LogP contribution in [0.5, 0.6) is 0 Å². The molecule has 0 aromatic heterocycles. The van der Waals surface area contributed by atoms with Crippen LogP contribution >= 0.6 is 0 Å². The highest BCUT2D eigenvalue weighted by molar-refractivity contribution is 5.18. The second-order valence-corrected chi connectivity index (χ2v) is 9.71. The summed E-state index contributed by atoms with van der Waals surface area (Å²) in [5.74, 6) is 2.96. The van der Waals surface area contributed by atoms with Gasteiger partial charge in [-0.3, -0.25) is 0 Å². The maximum absolute atomic E-state index is 11.1. The molecule has 0 radical (unpaired) electrons. The van der Waals surface area contributed by atoms with Gasteiger partial charge in [0, 0.05) is 5.41 Å². The molecule has 0 aromatic rings. The standard InChI is InChI=1S/C21H34O2/c1-4-21(23)12-9-18-16-6-5-14-13-15(22)7-10-19(14,2)17(16)8-11-20(18,21)3/h4,14-18,22-23H,1,5-13H2,2-3H3/t14?,15-,16+,17-,18-,19-,20-,21?/m0/s1. The van der Waals surface area contributed by atoms with Crippen molar-refractivity contribution >= 4 is 0 Å². The molecule has 8 atom stereocenters. The predicted octanol–water partition coefficient (Wildman–Crippen LogP) is 4.31. The van der Waals surface area contributed by atoms with Crippen LogP contribution in [0.3, 0.4) is 0 Å². The largest absolute Gasteiger partial charge is 0.393 e. The van der Waals surface area contributed by atoms with E-state index >= 15 is 0 Å². The highest BCUT2D eigenvalue weighted by atomic mass is 16.3. The van der Waals surface area contributed by atoms with E-state index in [0.29, 0.717) is 11.3 Å². The maximum atomic E-state index is 11.1. The molecule has 2 nitrogen and oxygen atoms in total. The molecule has 2 heteroatoms. The number of hydrogen-bond acceptors (Lipinski definition) is 2. The van der Waals surface area contributed by atoms with Crippen LogP contribution in [-0.2, 0) is 0 Å². The first-order valence-corrected chi connectivity index (χ1v) is 9.88. The second-order valence-electron chi connectivity index (χ2n) is 9.71. The topological polar surface area (TPSA) is 40.5 Å². The van der Waals surface area contributed by atoms with Gasteiger partial charge in [0.1, 0.15) is 0 Å². The Bertz CT molecular complexity index is 502. The maximum Gasteiger partial charge on any atom is 0.0881 e. The van der Waals surface area contributed by atoms with E-state index in [-0.39, 0.29) is 11.5 Å². The zero-order chi connectivity index (χ0) is 16.5. The van der Waals surface area contributed by atoms with Crippen molar-refractivity contribution in [3.05, 3.63) is 12.7 Å². The van der Waals surface area contributed by atoms with Crippen molar-refractivity contribution in [2.75, 3.05) is 0 Å². The van der Waals surface area contributed by atoms with Gasteiger partial charge in [-0.2, -0.15) is 0 Å². The lowest BCUT2D eigenvalue weighted by molar-refractivity contribution is -0.146. The quantitative estimate of drug-likeness (QED) is 0.707. The van der Waals surface area contributed by atoms with E-state index in [1.807, 2.05) is 6.08 Å². The first-order chi connectivity index (χ1) is 10.8. The molecular weight excluding hydrogens is 284 g/mol. The average Bonchev–Trinajstić information content (AvgIpc) is 2.80. The van der Waals surface area contributed by atoms with E-state index in [9.17, 15) is 10.2 Å². The molecule has 0 spiro atoms. The number of aliphatic hydroxyl groups is 2. The molecule has 2 unspecified atom stereocenters. The summed E-state index contributed by atoms with van der Waals surface area (Å²) in [6, 6.07) is 0. The van der Waals surface area contributed by atoms with Gasteiger partial charge in [-0.1, -0.05) is 19.9 Å². The van der Waals surface area contributed by atoms with Gasteiger partial charge in [-0.25, -0.2) is 0 Å². The molecule has 4 aliphatic rings. The van der Waals surface area contributed by atoms with E-state index in [1.54, 1.807) is 0 Å². The Morgan fingerprint density at radius 1 is 0.957 bits per heavy atom. The number of rotatable bonds is 1. The highest BCUT2D eigenvalue weighted by Crippen LogP contribution is 2.68. The van der Waals surface area contributed by atoms with Crippen molar-refractivity contribution < 1.29 is 10.2 Å². The Hall–Kier alpha value is -0.340. The third kappa shape index (κ3) is 2.00. The molecule has 4 aliphatic carbocycles. The van der Waals surface area contributed by atoms with Crippen molar-refractivity contribution in [1.82, 2.24) is 0 Å². The van der Waals surface area contributed by atoms with Gasteiger partial charge >= 0.3 is 0 Å². The molecule has 4 rings (SSSR count). The lowest BCUT2D eigenvalue weighted by Crippen LogP contribution is -2.56. The van der Waals surface area contributed by atoms with Crippen molar-refractivity contribution in [2.45, 2.75) is 83.3 Å². The van der Waals surface area contributed by atoms with Crippen molar-refractivity contribution in [3.63, 3.8) is 0 Å². The van der Waals surface area contributed by atoms with Gasteiger partial charge in [-0.15, -0.1) is 6.58 Å². The molecule has 2 N–H and O–H groups in total. The molecule has 0 heterocycles. The first kappa shape index (κ1) is 16.1. The highest BCUT2D eigenvalue weighted by Gasteiger charge is 2.63. The van der Waals surface area contributed by atoms with Gasteiger partial charge < -0.3 is 10.2 Å². The van der Waals surface area contributed by atoms with E-state index in [0.717, 1.165) is 43.4 Å². The van der Waals surface area contributed by atoms with Crippen LogP contribution in [0.4, 0.5) is 0 Å². The molecule has 0 amide bonds. The smallest absolute Gasteiger partial charge is 0.0881 e. The minimum Gasteiger partial charge on any atom is -0.393 e. The summed E-state index contributed by atoms with van der Waals surface area (Å²) in [6.45, 7) is 8.82. The monoisotopic (exact) mass is 318 g/mol. The number of aliphatic hydroxyl groups excluding tert-OH is 1. The van der Waals surface area contributed by atoms with Crippen LogP contribution in [0.15, 0.2) is 12.7 Å². The molecule has 130 valence electrons. The van der Waals surface area contributed by atoms with Crippen LogP contribution in [0.2, 0.25) is 0 Å². The SMILES string of the molecule is C=CC1(O)CC[C@H]2[C@@H]3CCC4C[C@@H](O)CC[C@]4(C)[C@H]3CC[C@@]21C. The van der Waals surface area contributed by atoms with Crippen molar-refractivity contribution in [3.8, 4) is 0 Å². The van der Waals surface area contributed by atoms with Crippen molar-refractivity contribution in [2.24, 2.45) is 34.5 Å². The zero-order valence-corrected chi connectivity index (χ0v) is 14.9. The predicted molar refractivity (Wildman–Crippen MR) is 92.9 cm³/mol. The van der Waals surface area contributed by atoms with Crippen molar-refractivity contribution in [1.29, 1.82) is 0 Å². The minimum absolute atomic E-state index is 0.0350. The van der Waals surface area contributed by atoms with E-state index in [2.05, 4.69) is 20.4 Å². The summed E-state index contributed by atoms with van der Waals surface area (Å²) in [4.78, 5) is 0. The van der Waals surface area contributed by atoms with Gasteiger partial charge in [0.15, 0.2) is 0 Å². The molecule has 4 fully saturated rings. The van der Waals surface area contributed by atoms with Crippen LogP contribution in [0.1, 0.15) is 71.6 Å². The summed E-state index contributed by atoms with van der Waals surface area (Å²) in [6.07, 6.45) is 12.1. The molecule has 0 saturated heterocycles. The summed E-state index contributed by atoms with van der Waals surface area (Å²) < 4.78 is 0. The first-order valence-electron chi connectivity index (χ1n) is 9.88. The Balaban J connectivity index is 1.64. The Labute approximate surface area is 141 Å². The lowest BCUT2D eigenvalue weighted by Gasteiger charge is -2.61. The molecule has 0 aromatic carbocycles. The number of hydrogen-bond donors (Lipinski definition) is 2. The van der Waals surface area contributed by atoms with Crippen LogP contribution < -0.4 is 0 Å². The fourth-order valence-corrected chi connectivity index (χ4v) is 7.62. The lowest BCUT2D eigenvalue weighted by atomic mass is 9.44. The fourth-order valence-electron chi connectivity index (χ4n) is 7.62. The minimum atomic E-state index is -0.650. The zero-order valence-electron chi connectivity index (χ0n) is 14.9. The molecule has 0 aliphatic heterocycles. The molecular formula is C21H34O2. The van der Waals surface area contributed by atoms with Gasteiger partial charge in [-0.05, 0) is 86.9 Å². The molecule has 0 bridgehead atoms. The van der Waals surface area contributed by atoms with E-state index in [4.69, 9.17) is 0 Å². The Morgan fingerprint density at radius 2 is 1.70 bits per heavy atom.